The second-order valence-electron chi connectivity index (χ2n) is 2.71. The number of nitrogens with zero attached hydrogens (tertiary/aromatic N) is 2. The molecule has 0 spiro atoms. The minimum atomic E-state index is -1.16. The summed E-state index contributed by atoms with van der Waals surface area (Å²) in [6.45, 7) is 0. The lowest BCUT2D eigenvalue weighted by Gasteiger charge is -2.03. The van der Waals surface area contributed by atoms with Gasteiger partial charge in [0.1, 0.15) is 17.4 Å². The first-order valence-electron chi connectivity index (χ1n) is 3.97. The number of carbonyl (C=O) groups is 1. The van der Waals surface area contributed by atoms with Gasteiger partial charge >= 0.3 is 5.97 Å². The van der Waals surface area contributed by atoms with Crippen molar-refractivity contribution in [2.24, 2.45) is 0 Å². The summed E-state index contributed by atoms with van der Waals surface area (Å²) in [5.74, 6) is -2.21. The third kappa shape index (κ3) is 1.95. The fourth-order valence-electron chi connectivity index (χ4n) is 1.10. The van der Waals surface area contributed by atoms with Gasteiger partial charge in [-0.1, -0.05) is 0 Å². The van der Waals surface area contributed by atoms with Gasteiger partial charge in [-0.15, -0.1) is 0 Å². The van der Waals surface area contributed by atoms with Crippen LogP contribution in [-0.4, -0.2) is 18.0 Å². The van der Waals surface area contributed by atoms with Crippen molar-refractivity contribution in [1.29, 1.82) is 5.26 Å². The average molecular weight is 224 g/mol. The second kappa shape index (κ2) is 4.35. The number of hydrogen-bond acceptors (Lipinski definition) is 5. The number of ether oxygens (including phenoxy) is 1. The van der Waals surface area contributed by atoms with Gasteiger partial charge in [0.15, 0.2) is 0 Å². The number of halogens is 1. The Labute approximate surface area is 89.0 Å². The molecule has 0 saturated carbocycles. The van der Waals surface area contributed by atoms with Crippen molar-refractivity contribution in [2.45, 2.75) is 0 Å². The van der Waals surface area contributed by atoms with Crippen LogP contribution in [-0.2, 0) is 4.74 Å². The average Bonchev–Trinajstić information content (AvgIpc) is 2.26. The number of nitriles is 1. The van der Waals surface area contributed by atoms with Crippen molar-refractivity contribution in [1.82, 2.24) is 0 Å². The molecule has 6 nitrogen and oxygen atoms in total. The molecule has 82 valence electrons. The molecule has 1 rings (SSSR count). The number of nitro benzene ring substituents is 1. The van der Waals surface area contributed by atoms with E-state index in [1.54, 1.807) is 0 Å². The maximum atomic E-state index is 13.3. The summed E-state index contributed by atoms with van der Waals surface area (Å²) >= 11 is 0. The number of esters is 1. The first kappa shape index (κ1) is 11.6. The zero-order chi connectivity index (χ0) is 12.3. The van der Waals surface area contributed by atoms with Crippen molar-refractivity contribution >= 4 is 11.7 Å². The van der Waals surface area contributed by atoms with Gasteiger partial charge in [-0.2, -0.15) is 5.26 Å². The van der Waals surface area contributed by atoms with Gasteiger partial charge in [0.2, 0.25) is 0 Å². The van der Waals surface area contributed by atoms with E-state index >= 15 is 0 Å². The third-order valence-electron chi connectivity index (χ3n) is 1.80. The van der Waals surface area contributed by atoms with Crippen molar-refractivity contribution in [3.63, 3.8) is 0 Å². The highest BCUT2D eigenvalue weighted by molar-refractivity contribution is 5.92. The van der Waals surface area contributed by atoms with Crippen molar-refractivity contribution in [3.05, 3.63) is 39.2 Å². The Bertz CT molecular complexity index is 507. The molecule has 1 aromatic rings. The number of rotatable bonds is 2. The number of benzene rings is 1. The standard InChI is InChI=1S/C9H5FN2O4/c1-16-9(13)8-5(4-11)2-6(12(14)15)3-7(8)10/h2-3H,1H3. The van der Waals surface area contributed by atoms with E-state index in [2.05, 4.69) is 4.74 Å². The van der Waals surface area contributed by atoms with Crippen LogP contribution in [0.5, 0.6) is 0 Å². The Morgan fingerprint density at radius 1 is 1.62 bits per heavy atom. The fourth-order valence-corrected chi connectivity index (χ4v) is 1.10. The van der Waals surface area contributed by atoms with Crippen LogP contribution in [0, 0.1) is 27.3 Å². The first-order chi connectivity index (χ1) is 7.51. The van der Waals surface area contributed by atoms with E-state index < -0.39 is 33.5 Å². The Hall–Kier alpha value is -2.49. The van der Waals surface area contributed by atoms with Crippen LogP contribution in [0.15, 0.2) is 12.1 Å². The summed E-state index contributed by atoms with van der Waals surface area (Å²) in [7, 11) is 1.02. The smallest absolute Gasteiger partial charge is 0.342 e. The first-order valence-corrected chi connectivity index (χ1v) is 3.97. The molecule has 0 aliphatic rings. The zero-order valence-corrected chi connectivity index (χ0v) is 8.06. The van der Waals surface area contributed by atoms with E-state index in [-0.39, 0.29) is 0 Å². The maximum Gasteiger partial charge on any atom is 0.342 e. The van der Waals surface area contributed by atoms with Crippen LogP contribution in [0.2, 0.25) is 0 Å². The van der Waals surface area contributed by atoms with Gasteiger partial charge in [0.05, 0.1) is 23.7 Å². The van der Waals surface area contributed by atoms with Crippen molar-refractivity contribution < 1.29 is 18.8 Å². The van der Waals surface area contributed by atoms with Crippen LogP contribution in [0.1, 0.15) is 15.9 Å². The Kier molecular flexibility index (Phi) is 3.15. The molecule has 0 saturated heterocycles. The van der Waals surface area contributed by atoms with Crippen LogP contribution in [0.3, 0.4) is 0 Å². The molecule has 0 aliphatic carbocycles. The monoisotopic (exact) mass is 224 g/mol. The molecule has 0 aromatic heterocycles. The molecular weight excluding hydrogens is 219 g/mol. The minimum absolute atomic E-state index is 0.432. The van der Waals surface area contributed by atoms with Crippen LogP contribution in [0.25, 0.3) is 0 Å². The molecule has 16 heavy (non-hydrogen) atoms. The number of nitro groups is 1. The summed E-state index contributed by atoms with van der Waals surface area (Å²) in [4.78, 5) is 20.6. The summed E-state index contributed by atoms with van der Waals surface area (Å²) in [6, 6.07) is 2.88. The Morgan fingerprint density at radius 2 is 2.25 bits per heavy atom. The van der Waals surface area contributed by atoms with Crippen molar-refractivity contribution in [2.75, 3.05) is 7.11 Å². The lowest BCUT2D eigenvalue weighted by Crippen LogP contribution is -2.08. The molecule has 0 radical (unpaired) electrons. The molecule has 0 atom stereocenters. The summed E-state index contributed by atoms with van der Waals surface area (Å²) < 4.78 is 17.6. The molecule has 0 unspecified atom stereocenters. The number of methoxy groups -OCH3 is 1. The van der Waals surface area contributed by atoms with E-state index in [1.807, 2.05) is 0 Å². The van der Waals surface area contributed by atoms with E-state index in [1.165, 1.54) is 6.07 Å². The minimum Gasteiger partial charge on any atom is -0.465 e. The Balaban J connectivity index is 3.48. The maximum absolute atomic E-state index is 13.3. The third-order valence-corrected chi connectivity index (χ3v) is 1.80. The predicted octanol–water partition coefficient (Wildman–Crippen LogP) is 1.39. The molecule has 7 heteroatoms. The fraction of sp³-hybridized carbons (Fsp3) is 0.111. The van der Waals surface area contributed by atoms with E-state index in [0.717, 1.165) is 13.2 Å². The molecule has 1 aromatic carbocycles. The highest BCUT2D eigenvalue weighted by Crippen LogP contribution is 2.21. The van der Waals surface area contributed by atoms with Gasteiger partial charge in [0, 0.05) is 6.07 Å². The van der Waals surface area contributed by atoms with E-state index in [9.17, 15) is 19.3 Å². The number of hydrogen-bond donors (Lipinski definition) is 0. The topological polar surface area (TPSA) is 93.2 Å². The predicted molar refractivity (Wildman–Crippen MR) is 49.1 cm³/mol. The highest BCUT2D eigenvalue weighted by Gasteiger charge is 2.22. The summed E-state index contributed by atoms with van der Waals surface area (Å²) in [5, 5.41) is 19.0. The lowest BCUT2D eigenvalue weighted by molar-refractivity contribution is -0.385. The molecule has 0 heterocycles. The molecular formula is C9H5FN2O4. The lowest BCUT2D eigenvalue weighted by atomic mass is 10.1. The highest BCUT2D eigenvalue weighted by atomic mass is 19.1. The van der Waals surface area contributed by atoms with Gasteiger partial charge in [0.25, 0.3) is 5.69 Å². The second-order valence-corrected chi connectivity index (χ2v) is 2.71. The van der Waals surface area contributed by atoms with Gasteiger partial charge < -0.3 is 4.74 Å². The van der Waals surface area contributed by atoms with Crippen LogP contribution < -0.4 is 0 Å². The van der Waals surface area contributed by atoms with Gasteiger partial charge in [-0.25, -0.2) is 9.18 Å². The summed E-state index contributed by atoms with van der Waals surface area (Å²) in [5.41, 5.74) is -1.63. The number of carbonyl (C=O) groups excluding carboxylic acids is 1. The normalized spacial score (nSPS) is 9.31. The molecule has 0 amide bonds. The molecule has 0 fully saturated rings. The van der Waals surface area contributed by atoms with E-state index in [0.29, 0.717) is 6.07 Å². The van der Waals surface area contributed by atoms with Gasteiger partial charge in [-0.3, -0.25) is 10.1 Å². The molecule has 0 aliphatic heterocycles. The Morgan fingerprint density at radius 3 is 2.69 bits per heavy atom. The quantitative estimate of drug-likeness (QED) is 0.430. The largest absolute Gasteiger partial charge is 0.465 e. The van der Waals surface area contributed by atoms with Crippen LogP contribution >= 0.6 is 0 Å². The van der Waals surface area contributed by atoms with E-state index in [4.69, 9.17) is 5.26 Å². The molecule has 0 N–H and O–H groups in total. The summed E-state index contributed by atoms with van der Waals surface area (Å²) in [6.07, 6.45) is 0. The molecule has 0 bridgehead atoms. The zero-order valence-electron chi connectivity index (χ0n) is 8.06. The van der Waals surface area contributed by atoms with Crippen molar-refractivity contribution in [3.8, 4) is 6.07 Å². The van der Waals surface area contributed by atoms with Gasteiger partial charge in [-0.05, 0) is 0 Å². The van der Waals surface area contributed by atoms with Crippen LogP contribution in [0.4, 0.5) is 10.1 Å². The number of non-ortho nitro benzene ring substituents is 1. The SMILES string of the molecule is COC(=O)c1c(F)cc([N+](=O)[O-])cc1C#N.